The number of aromatic nitrogens is 1. The first-order chi connectivity index (χ1) is 8.72. The van der Waals surface area contributed by atoms with E-state index >= 15 is 0 Å². The molecule has 1 heterocycles. The fourth-order valence-corrected chi connectivity index (χ4v) is 3.11. The van der Waals surface area contributed by atoms with E-state index in [1.54, 1.807) is 0 Å². The molecule has 0 aliphatic heterocycles. The van der Waals surface area contributed by atoms with Gasteiger partial charge in [-0.2, -0.15) is 0 Å². The summed E-state index contributed by atoms with van der Waals surface area (Å²) in [6.45, 7) is 4.60. The normalized spacial score (nSPS) is 26.2. The van der Waals surface area contributed by atoms with Crippen LogP contribution >= 0.6 is 0 Å². The van der Waals surface area contributed by atoms with Crippen LogP contribution in [0.4, 0.5) is 0 Å². The second kappa shape index (κ2) is 6.33. The Labute approximate surface area is 111 Å². The Morgan fingerprint density at radius 1 is 1.28 bits per heavy atom. The molecule has 2 rings (SSSR count). The van der Waals surface area contributed by atoms with Crippen LogP contribution in [0.15, 0.2) is 24.4 Å². The molecule has 1 saturated carbocycles. The van der Waals surface area contributed by atoms with Gasteiger partial charge in [-0.15, -0.1) is 0 Å². The lowest BCUT2D eigenvalue weighted by atomic mass is 9.83. The third kappa shape index (κ3) is 3.11. The van der Waals surface area contributed by atoms with Crippen molar-refractivity contribution in [2.24, 2.45) is 5.92 Å². The number of hydrogen-bond donors (Lipinski definition) is 0. The monoisotopic (exact) mass is 246 g/mol. The van der Waals surface area contributed by atoms with Crippen LogP contribution in [-0.4, -0.2) is 23.0 Å². The van der Waals surface area contributed by atoms with Gasteiger partial charge in [-0.05, 0) is 57.7 Å². The van der Waals surface area contributed by atoms with E-state index in [4.69, 9.17) is 0 Å². The zero-order chi connectivity index (χ0) is 13.0. The molecule has 0 N–H and O–H groups in total. The summed E-state index contributed by atoms with van der Waals surface area (Å²) in [5.74, 6) is 0.972. The van der Waals surface area contributed by atoms with Crippen molar-refractivity contribution in [3.05, 3.63) is 30.1 Å². The van der Waals surface area contributed by atoms with Crippen molar-refractivity contribution in [1.82, 2.24) is 9.88 Å². The molecule has 1 atom stereocenters. The van der Waals surface area contributed by atoms with Crippen LogP contribution in [0, 0.1) is 5.92 Å². The quantitative estimate of drug-likeness (QED) is 0.797. The Morgan fingerprint density at radius 2 is 2.00 bits per heavy atom. The Hall–Kier alpha value is -0.890. The summed E-state index contributed by atoms with van der Waals surface area (Å²) in [7, 11) is 2.26. The molecule has 2 heteroatoms. The summed E-state index contributed by atoms with van der Waals surface area (Å²) < 4.78 is 0. The summed E-state index contributed by atoms with van der Waals surface area (Å²) in [4.78, 5) is 7.01. The van der Waals surface area contributed by atoms with E-state index in [-0.39, 0.29) is 0 Å². The van der Waals surface area contributed by atoms with E-state index in [1.807, 2.05) is 12.3 Å². The highest BCUT2D eigenvalue weighted by Gasteiger charge is 2.26. The van der Waals surface area contributed by atoms with Crippen LogP contribution in [0.5, 0.6) is 0 Å². The molecule has 0 aromatic carbocycles. The molecular formula is C16H26N2. The van der Waals surface area contributed by atoms with E-state index in [0.29, 0.717) is 6.04 Å². The van der Waals surface area contributed by atoms with Crippen LogP contribution < -0.4 is 0 Å². The maximum Gasteiger partial charge on any atom is 0.0572 e. The second-order valence-corrected chi connectivity index (χ2v) is 5.68. The lowest BCUT2D eigenvalue weighted by Crippen LogP contribution is -2.37. The van der Waals surface area contributed by atoms with Crippen LogP contribution in [0.2, 0.25) is 0 Å². The zero-order valence-electron chi connectivity index (χ0n) is 12.0. The van der Waals surface area contributed by atoms with Gasteiger partial charge in [0.25, 0.3) is 0 Å². The maximum atomic E-state index is 4.48. The molecule has 1 unspecified atom stereocenters. The Kier molecular flexibility index (Phi) is 4.76. The van der Waals surface area contributed by atoms with Crippen molar-refractivity contribution in [3.8, 4) is 0 Å². The molecule has 0 spiro atoms. The zero-order valence-corrected chi connectivity index (χ0v) is 12.0. The van der Waals surface area contributed by atoms with E-state index in [9.17, 15) is 0 Å². The number of rotatable bonds is 4. The van der Waals surface area contributed by atoms with Crippen molar-refractivity contribution in [1.29, 1.82) is 0 Å². The smallest absolute Gasteiger partial charge is 0.0572 e. The van der Waals surface area contributed by atoms with Gasteiger partial charge in [-0.3, -0.25) is 9.88 Å². The minimum Gasteiger partial charge on any atom is -0.295 e. The highest BCUT2D eigenvalue weighted by atomic mass is 15.2. The van der Waals surface area contributed by atoms with Crippen LogP contribution in [0.3, 0.4) is 0 Å². The average molecular weight is 246 g/mol. The first-order valence-corrected chi connectivity index (χ1v) is 7.35. The first kappa shape index (κ1) is 13.5. The maximum absolute atomic E-state index is 4.48. The van der Waals surface area contributed by atoms with Gasteiger partial charge in [-0.25, -0.2) is 0 Å². The lowest BCUT2D eigenvalue weighted by molar-refractivity contribution is 0.125. The van der Waals surface area contributed by atoms with Crippen molar-refractivity contribution in [3.63, 3.8) is 0 Å². The standard InChI is InChI=1S/C16H26N2/c1-4-14-8-10-15(11-9-14)18(3)13(2)16-7-5-6-12-17-16/h5-7,12-15H,4,8-11H2,1-3H3. The number of nitrogens with zero attached hydrogens (tertiary/aromatic N) is 2. The molecule has 1 aliphatic carbocycles. The van der Waals surface area contributed by atoms with Crippen LogP contribution in [0.1, 0.15) is 57.7 Å². The largest absolute Gasteiger partial charge is 0.295 e. The first-order valence-electron chi connectivity index (χ1n) is 7.35. The van der Waals surface area contributed by atoms with E-state index < -0.39 is 0 Å². The molecule has 1 aromatic rings. The summed E-state index contributed by atoms with van der Waals surface area (Å²) >= 11 is 0. The van der Waals surface area contributed by atoms with Gasteiger partial charge >= 0.3 is 0 Å². The number of hydrogen-bond acceptors (Lipinski definition) is 2. The van der Waals surface area contributed by atoms with Crippen molar-refractivity contribution >= 4 is 0 Å². The average Bonchev–Trinajstić information content (AvgIpc) is 2.47. The highest BCUT2D eigenvalue weighted by molar-refractivity contribution is 5.08. The van der Waals surface area contributed by atoms with Crippen molar-refractivity contribution in [2.45, 2.75) is 58.0 Å². The molecule has 2 nitrogen and oxygen atoms in total. The van der Waals surface area contributed by atoms with E-state index in [2.05, 4.69) is 42.9 Å². The summed E-state index contributed by atoms with van der Waals surface area (Å²) in [6.07, 6.45) is 8.76. The molecular weight excluding hydrogens is 220 g/mol. The molecule has 0 saturated heterocycles. The van der Waals surface area contributed by atoms with Gasteiger partial charge in [0.15, 0.2) is 0 Å². The SMILES string of the molecule is CCC1CCC(N(C)C(C)c2ccccn2)CC1. The highest BCUT2D eigenvalue weighted by Crippen LogP contribution is 2.32. The molecule has 0 radical (unpaired) electrons. The van der Waals surface area contributed by atoms with Gasteiger partial charge < -0.3 is 0 Å². The Balaban J connectivity index is 1.93. The fourth-order valence-electron chi connectivity index (χ4n) is 3.11. The number of pyridine rings is 1. The van der Waals surface area contributed by atoms with E-state index in [1.165, 1.54) is 37.8 Å². The predicted molar refractivity (Wildman–Crippen MR) is 76.5 cm³/mol. The van der Waals surface area contributed by atoms with Gasteiger partial charge in [0.1, 0.15) is 0 Å². The minimum atomic E-state index is 0.425. The van der Waals surface area contributed by atoms with Gasteiger partial charge in [0.05, 0.1) is 5.69 Å². The van der Waals surface area contributed by atoms with Gasteiger partial charge in [0, 0.05) is 18.3 Å². The molecule has 1 fully saturated rings. The second-order valence-electron chi connectivity index (χ2n) is 5.68. The Bertz CT molecular complexity index is 341. The lowest BCUT2D eigenvalue weighted by Gasteiger charge is -2.37. The summed E-state index contributed by atoms with van der Waals surface area (Å²) in [6, 6.07) is 7.38. The molecule has 1 aromatic heterocycles. The van der Waals surface area contributed by atoms with Crippen molar-refractivity contribution in [2.75, 3.05) is 7.05 Å². The Morgan fingerprint density at radius 3 is 2.56 bits per heavy atom. The van der Waals surface area contributed by atoms with E-state index in [0.717, 1.165) is 12.0 Å². The third-order valence-electron chi connectivity index (χ3n) is 4.70. The minimum absolute atomic E-state index is 0.425. The topological polar surface area (TPSA) is 16.1 Å². The summed E-state index contributed by atoms with van der Waals surface area (Å²) in [5.41, 5.74) is 1.19. The van der Waals surface area contributed by atoms with Gasteiger partial charge in [0.2, 0.25) is 0 Å². The van der Waals surface area contributed by atoms with Crippen LogP contribution in [-0.2, 0) is 0 Å². The van der Waals surface area contributed by atoms with Gasteiger partial charge in [-0.1, -0.05) is 19.4 Å². The molecule has 18 heavy (non-hydrogen) atoms. The fraction of sp³-hybridized carbons (Fsp3) is 0.688. The summed E-state index contributed by atoms with van der Waals surface area (Å²) in [5, 5.41) is 0. The predicted octanol–water partition coefficient (Wildman–Crippen LogP) is 4.04. The third-order valence-corrected chi connectivity index (χ3v) is 4.70. The van der Waals surface area contributed by atoms with Crippen molar-refractivity contribution < 1.29 is 0 Å². The van der Waals surface area contributed by atoms with Crippen LogP contribution in [0.25, 0.3) is 0 Å². The molecule has 1 aliphatic rings. The molecule has 0 amide bonds. The molecule has 0 bridgehead atoms. The molecule has 100 valence electrons.